The van der Waals surface area contributed by atoms with E-state index in [2.05, 4.69) is 0 Å². The van der Waals surface area contributed by atoms with Gasteiger partial charge in [-0.15, -0.1) is 0 Å². The summed E-state index contributed by atoms with van der Waals surface area (Å²) in [6, 6.07) is 14.2. The Kier molecular flexibility index (Phi) is 4.25. The average Bonchev–Trinajstić information content (AvgIpc) is 2.46. The van der Waals surface area contributed by atoms with Gasteiger partial charge in [-0.1, -0.05) is 36.4 Å². The minimum absolute atomic E-state index is 0.411. The first-order valence-electron chi connectivity index (χ1n) is 6.21. The standard InChI is InChI=1S/C16H16O4/c1-11-8-9-13(14(10-11)19-2)20-15(16(17)18)12-6-4-3-5-7-12/h3-10,15H,1-2H3,(H,17,18). The first-order valence-corrected chi connectivity index (χ1v) is 6.21. The van der Waals surface area contributed by atoms with E-state index in [-0.39, 0.29) is 0 Å². The molecule has 0 aromatic heterocycles. The predicted octanol–water partition coefficient (Wildman–Crippen LogP) is 3.21. The highest BCUT2D eigenvalue weighted by Gasteiger charge is 2.23. The third kappa shape index (κ3) is 3.09. The first-order chi connectivity index (χ1) is 9.61. The molecule has 4 nitrogen and oxygen atoms in total. The largest absolute Gasteiger partial charge is 0.493 e. The van der Waals surface area contributed by atoms with Crippen LogP contribution in [0.2, 0.25) is 0 Å². The Morgan fingerprint density at radius 3 is 2.40 bits per heavy atom. The highest BCUT2D eigenvalue weighted by atomic mass is 16.5. The smallest absolute Gasteiger partial charge is 0.349 e. The fourth-order valence-corrected chi connectivity index (χ4v) is 1.89. The van der Waals surface area contributed by atoms with Crippen LogP contribution >= 0.6 is 0 Å². The maximum absolute atomic E-state index is 11.4. The third-order valence-electron chi connectivity index (χ3n) is 2.89. The number of ether oxygens (including phenoxy) is 2. The summed E-state index contributed by atoms with van der Waals surface area (Å²) in [5.74, 6) is -0.111. The van der Waals surface area contributed by atoms with Crippen molar-refractivity contribution in [2.24, 2.45) is 0 Å². The van der Waals surface area contributed by atoms with Gasteiger partial charge in [0.2, 0.25) is 6.10 Å². The maximum atomic E-state index is 11.4. The summed E-state index contributed by atoms with van der Waals surface area (Å²) in [5.41, 5.74) is 1.60. The van der Waals surface area contributed by atoms with Gasteiger partial charge in [-0.3, -0.25) is 0 Å². The van der Waals surface area contributed by atoms with Crippen LogP contribution in [0, 0.1) is 6.92 Å². The van der Waals surface area contributed by atoms with Gasteiger partial charge in [0.15, 0.2) is 11.5 Å². The molecular weight excluding hydrogens is 256 g/mol. The van der Waals surface area contributed by atoms with E-state index in [0.717, 1.165) is 5.56 Å². The SMILES string of the molecule is COc1cc(C)ccc1OC(C(=O)O)c1ccccc1. The van der Waals surface area contributed by atoms with Crippen LogP contribution in [-0.2, 0) is 4.79 Å². The molecule has 2 rings (SSSR count). The number of carboxylic acid groups (broad SMARTS) is 1. The van der Waals surface area contributed by atoms with Gasteiger partial charge in [0.25, 0.3) is 0 Å². The molecule has 1 N–H and O–H groups in total. The summed E-state index contributed by atoms with van der Waals surface area (Å²) in [7, 11) is 1.53. The zero-order chi connectivity index (χ0) is 14.5. The molecule has 0 aliphatic carbocycles. The molecule has 0 aliphatic heterocycles. The molecule has 0 amide bonds. The second kappa shape index (κ2) is 6.10. The van der Waals surface area contributed by atoms with Gasteiger partial charge >= 0.3 is 5.97 Å². The summed E-state index contributed by atoms with van der Waals surface area (Å²) >= 11 is 0. The topological polar surface area (TPSA) is 55.8 Å². The molecule has 0 aliphatic rings. The molecule has 4 heteroatoms. The number of rotatable bonds is 5. The van der Waals surface area contributed by atoms with Crippen molar-refractivity contribution in [1.82, 2.24) is 0 Å². The summed E-state index contributed by atoms with van der Waals surface area (Å²) in [5, 5.41) is 9.34. The highest BCUT2D eigenvalue weighted by molar-refractivity contribution is 5.75. The maximum Gasteiger partial charge on any atom is 0.349 e. The van der Waals surface area contributed by atoms with Gasteiger partial charge in [-0.2, -0.15) is 0 Å². The lowest BCUT2D eigenvalue weighted by Crippen LogP contribution is -2.18. The van der Waals surface area contributed by atoms with E-state index in [1.54, 1.807) is 36.4 Å². The Bertz CT molecular complexity index is 593. The summed E-state index contributed by atoms with van der Waals surface area (Å²) in [6.45, 7) is 1.93. The molecule has 0 bridgehead atoms. The summed E-state index contributed by atoms with van der Waals surface area (Å²) in [4.78, 5) is 11.4. The van der Waals surface area contributed by atoms with E-state index in [4.69, 9.17) is 9.47 Å². The number of aliphatic carboxylic acids is 1. The summed E-state index contributed by atoms with van der Waals surface area (Å²) < 4.78 is 10.8. The van der Waals surface area contributed by atoms with Gasteiger partial charge in [-0.25, -0.2) is 4.79 Å². The number of aryl methyl sites for hydroxylation is 1. The van der Waals surface area contributed by atoms with Gasteiger partial charge < -0.3 is 14.6 Å². The number of hydrogen-bond donors (Lipinski definition) is 1. The molecule has 0 saturated carbocycles. The molecule has 20 heavy (non-hydrogen) atoms. The Balaban J connectivity index is 2.32. The quantitative estimate of drug-likeness (QED) is 0.908. The van der Waals surface area contributed by atoms with Crippen molar-refractivity contribution in [2.75, 3.05) is 7.11 Å². The Hall–Kier alpha value is -2.49. The number of carboxylic acids is 1. The molecule has 2 aromatic rings. The Morgan fingerprint density at radius 2 is 1.80 bits per heavy atom. The molecule has 0 heterocycles. The molecule has 1 atom stereocenters. The molecule has 2 aromatic carbocycles. The van der Waals surface area contributed by atoms with Crippen molar-refractivity contribution in [2.45, 2.75) is 13.0 Å². The molecule has 0 radical (unpaired) electrons. The lowest BCUT2D eigenvalue weighted by atomic mass is 10.1. The number of benzene rings is 2. The Labute approximate surface area is 117 Å². The number of methoxy groups -OCH3 is 1. The van der Waals surface area contributed by atoms with E-state index in [0.29, 0.717) is 17.1 Å². The van der Waals surface area contributed by atoms with Gasteiger partial charge in [0.1, 0.15) is 0 Å². The normalized spacial score (nSPS) is 11.7. The number of carbonyl (C=O) groups is 1. The number of hydrogen-bond acceptors (Lipinski definition) is 3. The molecular formula is C16H16O4. The predicted molar refractivity (Wildman–Crippen MR) is 75.2 cm³/mol. The minimum Gasteiger partial charge on any atom is -0.493 e. The van der Waals surface area contributed by atoms with Crippen molar-refractivity contribution in [3.8, 4) is 11.5 Å². The van der Waals surface area contributed by atoms with Crippen LogP contribution in [0.15, 0.2) is 48.5 Å². The van der Waals surface area contributed by atoms with Crippen LogP contribution in [0.4, 0.5) is 0 Å². The van der Waals surface area contributed by atoms with E-state index >= 15 is 0 Å². The summed E-state index contributed by atoms with van der Waals surface area (Å²) in [6.07, 6.45) is -1.06. The van der Waals surface area contributed by atoms with Gasteiger partial charge in [0.05, 0.1) is 7.11 Å². The monoisotopic (exact) mass is 272 g/mol. The molecule has 1 unspecified atom stereocenters. The van der Waals surface area contributed by atoms with Crippen molar-refractivity contribution in [3.63, 3.8) is 0 Å². The molecule has 0 fully saturated rings. The highest BCUT2D eigenvalue weighted by Crippen LogP contribution is 2.32. The van der Waals surface area contributed by atoms with Crippen LogP contribution in [0.3, 0.4) is 0 Å². The average molecular weight is 272 g/mol. The van der Waals surface area contributed by atoms with Gasteiger partial charge in [0, 0.05) is 5.56 Å². The fourth-order valence-electron chi connectivity index (χ4n) is 1.89. The molecule has 0 saturated heterocycles. The van der Waals surface area contributed by atoms with Crippen molar-refractivity contribution >= 4 is 5.97 Å². The van der Waals surface area contributed by atoms with E-state index in [9.17, 15) is 9.90 Å². The third-order valence-corrected chi connectivity index (χ3v) is 2.89. The fraction of sp³-hybridized carbons (Fsp3) is 0.188. The molecule has 104 valence electrons. The Morgan fingerprint density at radius 1 is 1.10 bits per heavy atom. The second-order valence-electron chi connectivity index (χ2n) is 4.40. The minimum atomic E-state index is -1.06. The van der Waals surface area contributed by atoms with Crippen molar-refractivity contribution < 1.29 is 19.4 Å². The van der Waals surface area contributed by atoms with E-state index < -0.39 is 12.1 Å². The van der Waals surface area contributed by atoms with E-state index in [1.807, 2.05) is 19.1 Å². The van der Waals surface area contributed by atoms with Crippen LogP contribution in [0.5, 0.6) is 11.5 Å². The second-order valence-corrected chi connectivity index (χ2v) is 4.40. The van der Waals surface area contributed by atoms with Crippen molar-refractivity contribution in [1.29, 1.82) is 0 Å². The zero-order valence-electron chi connectivity index (χ0n) is 11.4. The van der Waals surface area contributed by atoms with Crippen LogP contribution in [0.25, 0.3) is 0 Å². The van der Waals surface area contributed by atoms with Crippen molar-refractivity contribution in [3.05, 3.63) is 59.7 Å². The lowest BCUT2D eigenvalue weighted by Gasteiger charge is -2.17. The van der Waals surface area contributed by atoms with Gasteiger partial charge in [-0.05, 0) is 24.6 Å². The molecule has 0 spiro atoms. The zero-order valence-corrected chi connectivity index (χ0v) is 11.4. The lowest BCUT2D eigenvalue weighted by molar-refractivity contribution is -0.145. The van der Waals surface area contributed by atoms with Crippen LogP contribution < -0.4 is 9.47 Å². The van der Waals surface area contributed by atoms with E-state index in [1.165, 1.54) is 7.11 Å². The van der Waals surface area contributed by atoms with Crippen LogP contribution in [0.1, 0.15) is 17.2 Å². The van der Waals surface area contributed by atoms with Crippen LogP contribution in [-0.4, -0.2) is 18.2 Å². The first kappa shape index (κ1) is 13.9.